The smallest absolute Gasteiger partial charge is 0.329 e. The first-order valence-corrected chi connectivity index (χ1v) is 24.4. The number of rotatable bonds is 43. The van der Waals surface area contributed by atoms with Crippen LogP contribution in [0.25, 0.3) is 0 Å². The quantitative estimate of drug-likeness (QED) is 0.0356. The minimum absolute atomic E-state index is 0.0366. The van der Waals surface area contributed by atoms with Crippen molar-refractivity contribution < 1.29 is 67.1 Å². The zero-order valence-corrected chi connectivity index (χ0v) is 41.5. The monoisotopic (exact) mass is 945 g/mol. The Morgan fingerprint density at radius 1 is 0.424 bits per heavy atom. The van der Waals surface area contributed by atoms with Crippen LogP contribution in [0.15, 0.2) is 0 Å². The lowest BCUT2D eigenvalue weighted by molar-refractivity contribution is -0.159. The highest BCUT2D eigenvalue weighted by Crippen LogP contribution is 2.16. The fourth-order valence-electron chi connectivity index (χ4n) is 6.42. The van der Waals surface area contributed by atoms with Gasteiger partial charge in [0.1, 0.15) is 30.5 Å². The predicted molar refractivity (Wildman–Crippen MR) is 251 cm³/mol. The van der Waals surface area contributed by atoms with Gasteiger partial charge in [-0.1, -0.05) is 89.9 Å². The van der Waals surface area contributed by atoms with E-state index in [0.717, 1.165) is 38.5 Å². The van der Waals surface area contributed by atoms with Crippen LogP contribution >= 0.6 is 0 Å². The molecule has 18 nitrogen and oxygen atoms in total. The molecule has 0 aliphatic heterocycles. The minimum atomic E-state index is -1.05. The van der Waals surface area contributed by atoms with Crippen LogP contribution in [-0.2, 0) is 62.0 Å². The average molecular weight is 945 g/mol. The molecule has 0 spiro atoms. The van der Waals surface area contributed by atoms with Gasteiger partial charge in [0.25, 0.3) is 0 Å². The molecule has 66 heavy (non-hydrogen) atoms. The van der Waals surface area contributed by atoms with E-state index >= 15 is 0 Å². The highest BCUT2D eigenvalue weighted by Gasteiger charge is 2.27. The van der Waals surface area contributed by atoms with Crippen molar-refractivity contribution in [3.63, 3.8) is 0 Å². The number of nitrogens with one attached hydrogen (secondary N) is 4. The van der Waals surface area contributed by atoms with Crippen molar-refractivity contribution in [2.24, 2.45) is 0 Å². The van der Waals surface area contributed by atoms with Crippen LogP contribution in [0.2, 0.25) is 0 Å². The lowest BCUT2D eigenvalue weighted by Gasteiger charge is -2.24. The highest BCUT2D eigenvalue weighted by atomic mass is 16.6. The molecule has 0 aliphatic carbocycles. The standard InChI is InChI=1S/C48H88N4O14/c1-47(2,3)65-45(59)24-22-20-18-16-14-12-10-8-7-9-11-13-15-17-19-21-23-42(55)52-39(46(60)66-48(4,5)6)25-26-40(53)49-28-27-41(54)50-29-31-61-33-35-63-37-43(56)51-30-32-62-34-36-64-38-44(57)58/h39H,7-38H2,1-6H3,(H,49,53)(H,50,54)(H,51,56)(H,52,55)(H,57,58)/t39-/m0/s1. The second-order valence-electron chi connectivity index (χ2n) is 18.5. The molecule has 0 unspecified atom stereocenters. The number of amides is 4. The number of hydrogen-bond donors (Lipinski definition) is 5. The molecule has 0 aliphatic rings. The van der Waals surface area contributed by atoms with Crippen molar-refractivity contribution in [2.45, 2.75) is 194 Å². The third-order valence-corrected chi connectivity index (χ3v) is 9.66. The topological polar surface area (TPSA) is 243 Å². The first kappa shape index (κ1) is 62.1. The predicted octanol–water partition coefficient (Wildman–Crippen LogP) is 5.85. The molecule has 18 heteroatoms. The van der Waals surface area contributed by atoms with Crippen LogP contribution in [0.5, 0.6) is 0 Å². The lowest BCUT2D eigenvalue weighted by atomic mass is 10.0. The number of hydrogen-bond acceptors (Lipinski definition) is 13. The second-order valence-corrected chi connectivity index (χ2v) is 18.5. The van der Waals surface area contributed by atoms with E-state index < -0.39 is 29.2 Å². The van der Waals surface area contributed by atoms with E-state index in [2.05, 4.69) is 21.3 Å². The number of esters is 2. The first-order valence-electron chi connectivity index (χ1n) is 24.4. The van der Waals surface area contributed by atoms with Gasteiger partial charge in [0, 0.05) is 45.3 Å². The highest BCUT2D eigenvalue weighted by molar-refractivity contribution is 5.85. The largest absolute Gasteiger partial charge is 0.480 e. The molecule has 0 bridgehead atoms. The molecule has 0 heterocycles. The van der Waals surface area contributed by atoms with Crippen LogP contribution in [0.3, 0.4) is 0 Å². The summed E-state index contributed by atoms with van der Waals surface area (Å²) in [5.74, 6) is -2.95. The third-order valence-electron chi connectivity index (χ3n) is 9.66. The summed E-state index contributed by atoms with van der Waals surface area (Å²) in [6, 6.07) is -0.966. The fraction of sp³-hybridized carbons (Fsp3) is 0.854. The Morgan fingerprint density at radius 2 is 0.833 bits per heavy atom. The maximum atomic E-state index is 12.9. The molecule has 384 valence electrons. The summed E-state index contributed by atoms with van der Waals surface area (Å²) in [5.41, 5.74) is -1.16. The number of carboxylic acid groups (broad SMARTS) is 1. The van der Waals surface area contributed by atoms with Crippen LogP contribution < -0.4 is 21.3 Å². The second kappa shape index (κ2) is 40.2. The molecule has 0 aromatic heterocycles. The molecule has 5 N–H and O–H groups in total. The maximum absolute atomic E-state index is 12.9. The van der Waals surface area contributed by atoms with Crippen molar-refractivity contribution in [2.75, 3.05) is 72.5 Å². The van der Waals surface area contributed by atoms with Gasteiger partial charge in [-0.15, -0.1) is 0 Å². The van der Waals surface area contributed by atoms with Gasteiger partial charge in [0.2, 0.25) is 23.6 Å². The Hall–Kier alpha value is -3.87. The SMILES string of the molecule is CC(C)(C)OC(=O)CCCCCCCCCCCCCCCCCCC(=O)N[C@@H](CCC(=O)NCCC(=O)NCCOCCOCC(=O)NCCOCCOCC(=O)O)C(=O)OC(C)(C)C. The van der Waals surface area contributed by atoms with Gasteiger partial charge in [0.05, 0.1) is 39.6 Å². The van der Waals surface area contributed by atoms with Crippen LogP contribution in [-0.4, -0.2) is 136 Å². The number of carbonyl (C=O) groups is 7. The van der Waals surface area contributed by atoms with E-state index in [-0.39, 0.29) is 121 Å². The number of unbranched alkanes of at least 4 members (excludes halogenated alkanes) is 15. The molecule has 0 aromatic rings. The zero-order valence-electron chi connectivity index (χ0n) is 41.5. The van der Waals surface area contributed by atoms with Gasteiger partial charge in [-0.05, 0) is 60.8 Å². The molecular weight excluding hydrogens is 857 g/mol. The van der Waals surface area contributed by atoms with Gasteiger partial charge in [-0.25, -0.2) is 9.59 Å². The summed E-state index contributed by atoms with van der Waals surface area (Å²) < 4.78 is 31.6. The fourth-order valence-corrected chi connectivity index (χ4v) is 6.42. The summed E-state index contributed by atoms with van der Waals surface area (Å²) in [6.45, 7) is 12.2. The van der Waals surface area contributed by atoms with Crippen molar-refractivity contribution >= 4 is 41.5 Å². The van der Waals surface area contributed by atoms with Gasteiger partial charge < -0.3 is 54.8 Å². The van der Waals surface area contributed by atoms with Crippen molar-refractivity contribution in [1.82, 2.24) is 21.3 Å². The Kier molecular flexibility index (Phi) is 37.9. The van der Waals surface area contributed by atoms with Crippen molar-refractivity contribution in [3.8, 4) is 0 Å². The normalized spacial score (nSPS) is 12.0. The Morgan fingerprint density at radius 3 is 1.32 bits per heavy atom. The summed E-state index contributed by atoms with van der Waals surface area (Å²) >= 11 is 0. The lowest BCUT2D eigenvalue weighted by Crippen LogP contribution is -2.44. The first-order chi connectivity index (χ1) is 31.4. The van der Waals surface area contributed by atoms with Crippen LogP contribution in [0.4, 0.5) is 0 Å². The maximum Gasteiger partial charge on any atom is 0.329 e. The number of aliphatic carboxylic acids is 1. The number of carbonyl (C=O) groups excluding carboxylic acids is 6. The van der Waals surface area contributed by atoms with Crippen molar-refractivity contribution in [1.29, 1.82) is 0 Å². The Bertz CT molecular complexity index is 1340. The third kappa shape index (κ3) is 45.3. The molecule has 1 atom stereocenters. The molecule has 0 saturated heterocycles. The number of carboxylic acids is 1. The molecular formula is C48H88N4O14. The van der Waals surface area contributed by atoms with Gasteiger partial charge in [0.15, 0.2) is 0 Å². The van der Waals surface area contributed by atoms with Crippen LogP contribution in [0, 0.1) is 0 Å². The number of ether oxygens (including phenoxy) is 6. The summed E-state index contributed by atoms with van der Waals surface area (Å²) in [5, 5.41) is 19.2. The van der Waals surface area contributed by atoms with E-state index in [1.54, 1.807) is 20.8 Å². The molecule has 0 rings (SSSR count). The van der Waals surface area contributed by atoms with Gasteiger partial charge in [-0.3, -0.25) is 24.0 Å². The van der Waals surface area contributed by atoms with E-state index in [9.17, 15) is 33.6 Å². The van der Waals surface area contributed by atoms with E-state index in [1.165, 1.54) is 64.2 Å². The van der Waals surface area contributed by atoms with Crippen LogP contribution in [0.1, 0.15) is 176 Å². The minimum Gasteiger partial charge on any atom is -0.480 e. The molecule has 0 saturated carbocycles. The Labute approximate surface area is 395 Å². The van der Waals surface area contributed by atoms with E-state index in [1.807, 2.05) is 20.8 Å². The molecule has 0 aromatic carbocycles. The van der Waals surface area contributed by atoms with Gasteiger partial charge >= 0.3 is 17.9 Å². The summed E-state index contributed by atoms with van der Waals surface area (Å²) in [6.07, 6.45) is 19.2. The van der Waals surface area contributed by atoms with Gasteiger partial charge in [-0.2, -0.15) is 0 Å². The molecule has 0 radical (unpaired) electrons. The summed E-state index contributed by atoms with van der Waals surface area (Å²) in [4.78, 5) is 84.4. The Balaban J connectivity index is 3.99. The van der Waals surface area contributed by atoms with E-state index in [4.69, 9.17) is 33.5 Å². The van der Waals surface area contributed by atoms with E-state index in [0.29, 0.717) is 12.8 Å². The summed E-state index contributed by atoms with van der Waals surface area (Å²) in [7, 11) is 0. The molecule has 4 amide bonds. The van der Waals surface area contributed by atoms with Crippen molar-refractivity contribution in [3.05, 3.63) is 0 Å². The zero-order chi connectivity index (χ0) is 49.3. The average Bonchev–Trinajstić information content (AvgIpc) is 3.22. The molecule has 0 fully saturated rings.